The zero-order valence-electron chi connectivity index (χ0n) is 17.8. The fourth-order valence-corrected chi connectivity index (χ4v) is 6.44. The van der Waals surface area contributed by atoms with Crippen molar-refractivity contribution < 1.29 is 0 Å². The first-order chi connectivity index (χ1) is 14.8. The summed E-state index contributed by atoms with van der Waals surface area (Å²) >= 11 is 1.85. The number of thioether (sulfide) groups is 1. The van der Waals surface area contributed by atoms with E-state index in [-0.39, 0.29) is 0 Å². The summed E-state index contributed by atoms with van der Waals surface area (Å²) < 4.78 is 0. The quantitative estimate of drug-likeness (QED) is 0.474. The number of hydrogen-bond donors (Lipinski definition) is 0. The standard InChI is InChI=1S/C27H30N2S/c1-28(23-15-9-10-16-24(23)30-2)26-22-17-18-29(19-22)27(26)25(20-11-5-3-6-12-20)21-13-7-4-8-14-21/h3-16,22,25-27H,17-19H2,1-2H3. The molecule has 30 heavy (non-hydrogen) atoms. The van der Waals surface area contributed by atoms with Crippen molar-refractivity contribution in [3.63, 3.8) is 0 Å². The molecule has 4 unspecified atom stereocenters. The SMILES string of the molecule is CSc1ccccc1N(C)C1C2CCN(C2)C1C(c1ccccc1)c1ccccc1. The number of likely N-dealkylation sites (N-methyl/N-ethyl adjacent to an activating group) is 1. The molecule has 2 aliphatic rings. The second-order valence-corrected chi connectivity index (χ2v) is 9.45. The Morgan fingerprint density at radius 3 is 2.10 bits per heavy atom. The van der Waals surface area contributed by atoms with Crippen molar-refractivity contribution in [3.05, 3.63) is 96.1 Å². The molecule has 0 radical (unpaired) electrons. The van der Waals surface area contributed by atoms with Gasteiger partial charge in [-0.3, -0.25) is 4.90 Å². The number of rotatable bonds is 6. The van der Waals surface area contributed by atoms with Gasteiger partial charge in [-0.05, 0) is 48.4 Å². The summed E-state index contributed by atoms with van der Waals surface area (Å²) in [6, 6.07) is 32.2. The number of hydrogen-bond acceptors (Lipinski definition) is 3. The van der Waals surface area contributed by atoms with Crippen LogP contribution in [0, 0.1) is 5.92 Å². The van der Waals surface area contributed by atoms with Crippen molar-refractivity contribution in [2.24, 2.45) is 5.92 Å². The van der Waals surface area contributed by atoms with E-state index < -0.39 is 0 Å². The number of fused-ring (bicyclic) bond motifs is 2. The van der Waals surface area contributed by atoms with Gasteiger partial charge in [-0.2, -0.15) is 0 Å². The van der Waals surface area contributed by atoms with Gasteiger partial charge < -0.3 is 4.90 Å². The third-order valence-electron chi connectivity index (χ3n) is 7.08. The van der Waals surface area contributed by atoms with E-state index in [9.17, 15) is 0 Å². The number of anilines is 1. The predicted molar refractivity (Wildman–Crippen MR) is 129 cm³/mol. The van der Waals surface area contributed by atoms with E-state index in [0.717, 1.165) is 5.92 Å². The van der Waals surface area contributed by atoms with Crippen LogP contribution in [0.25, 0.3) is 0 Å². The second kappa shape index (κ2) is 8.49. The summed E-state index contributed by atoms with van der Waals surface area (Å²) in [7, 11) is 2.32. The average molecular weight is 415 g/mol. The third-order valence-corrected chi connectivity index (χ3v) is 7.87. The fourth-order valence-electron chi connectivity index (χ4n) is 5.80. The molecular formula is C27H30N2S. The van der Waals surface area contributed by atoms with Crippen molar-refractivity contribution in [1.29, 1.82) is 0 Å². The highest BCUT2D eigenvalue weighted by Gasteiger charge is 2.51. The van der Waals surface area contributed by atoms with Gasteiger partial charge in [-0.15, -0.1) is 11.8 Å². The molecule has 3 aromatic rings. The fraction of sp³-hybridized carbons (Fsp3) is 0.333. The molecule has 3 aromatic carbocycles. The molecule has 3 heteroatoms. The zero-order chi connectivity index (χ0) is 20.5. The van der Waals surface area contributed by atoms with Crippen LogP contribution in [0.1, 0.15) is 23.5 Å². The molecule has 2 nitrogen and oxygen atoms in total. The molecule has 0 saturated carbocycles. The van der Waals surface area contributed by atoms with E-state index >= 15 is 0 Å². The summed E-state index contributed by atoms with van der Waals surface area (Å²) in [5, 5.41) is 0. The van der Waals surface area contributed by atoms with E-state index in [1.54, 1.807) is 0 Å². The molecule has 2 fully saturated rings. The highest BCUT2D eigenvalue weighted by atomic mass is 32.2. The molecule has 4 atom stereocenters. The Labute approximate surface area is 184 Å². The van der Waals surface area contributed by atoms with Gasteiger partial charge in [0.1, 0.15) is 0 Å². The van der Waals surface area contributed by atoms with Crippen molar-refractivity contribution >= 4 is 17.4 Å². The monoisotopic (exact) mass is 414 g/mol. The summed E-state index contributed by atoms with van der Waals surface area (Å²) in [5.74, 6) is 1.11. The van der Waals surface area contributed by atoms with Gasteiger partial charge in [0.2, 0.25) is 0 Å². The Morgan fingerprint density at radius 2 is 1.47 bits per heavy atom. The van der Waals surface area contributed by atoms with Gasteiger partial charge in [0.15, 0.2) is 0 Å². The summed E-state index contributed by atoms with van der Waals surface area (Å²) in [4.78, 5) is 6.73. The Morgan fingerprint density at radius 1 is 0.867 bits per heavy atom. The topological polar surface area (TPSA) is 6.48 Å². The average Bonchev–Trinajstić information content (AvgIpc) is 3.42. The van der Waals surface area contributed by atoms with Crippen LogP contribution in [0.5, 0.6) is 0 Å². The molecule has 2 aliphatic heterocycles. The predicted octanol–water partition coefficient (Wildman–Crippen LogP) is 5.75. The van der Waals surface area contributed by atoms with Gasteiger partial charge in [0.05, 0.1) is 5.69 Å². The van der Waals surface area contributed by atoms with Crippen LogP contribution in [-0.2, 0) is 0 Å². The molecule has 0 N–H and O–H groups in total. The minimum absolute atomic E-state index is 0.381. The van der Waals surface area contributed by atoms with Gasteiger partial charge >= 0.3 is 0 Å². The zero-order valence-corrected chi connectivity index (χ0v) is 18.6. The van der Waals surface area contributed by atoms with Gasteiger partial charge in [-0.1, -0.05) is 72.8 Å². The number of para-hydroxylation sites is 1. The summed E-state index contributed by atoms with van der Waals surface area (Å²) in [6.07, 6.45) is 3.49. The van der Waals surface area contributed by atoms with E-state index in [4.69, 9.17) is 0 Å². The van der Waals surface area contributed by atoms with Gasteiger partial charge in [0, 0.05) is 36.5 Å². The van der Waals surface area contributed by atoms with Crippen molar-refractivity contribution in [3.8, 4) is 0 Å². The first kappa shape index (κ1) is 19.7. The van der Waals surface area contributed by atoms with Crippen LogP contribution in [0.4, 0.5) is 5.69 Å². The second-order valence-electron chi connectivity index (χ2n) is 8.61. The largest absolute Gasteiger partial charge is 0.369 e. The van der Waals surface area contributed by atoms with E-state index in [2.05, 4.69) is 108 Å². The molecule has 0 aliphatic carbocycles. The minimum Gasteiger partial charge on any atom is -0.369 e. The van der Waals surface area contributed by atoms with Crippen LogP contribution in [0.2, 0.25) is 0 Å². The van der Waals surface area contributed by atoms with Crippen molar-refractivity contribution in [1.82, 2.24) is 4.90 Å². The highest BCUT2D eigenvalue weighted by molar-refractivity contribution is 7.98. The van der Waals surface area contributed by atoms with Gasteiger partial charge in [0.25, 0.3) is 0 Å². The Balaban J connectivity index is 1.59. The Hall–Kier alpha value is -2.23. The van der Waals surface area contributed by atoms with Crippen LogP contribution >= 0.6 is 11.8 Å². The Kier molecular flexibility index (Phi) is 5.58. The molecule has 154 valence electrons. The van der Waals surface area contributed by atoms with Crippen LogP contribution in [-0.4, -0.2) is 43.4 Å². The first-order valence-electron chi connectivity index (χ1n) is 11.0. The lowest BCUT2D eigenvalue weighted by Gasteiger charge is -2.44. The van der Waals surface area contributed by atoms with Crippen molar-refractivity contribution in [2.45, 2.75) is 29.3 Å². The van der Waals surface area contributed by atoms with Crippen LogP contribution in [0.15, 0.2) is 89.8 Å². The molecule has 0 amide bonds. The number of nitrogens with zero attached hydrogens (tertiary/aromatic N) is 2. The van der Waals surface area contributed by atoms with E-state index in [1.807, 2.05) is 11.8 Å². The van der Waals surface area contributed by atoms with Gasteiger partial charge in [-0.25, -0.2) is 0 Å². The lowest BCUT2D eigenvalue weighted by molar-refractivity contribution is 0.216. The molecule has 0 spiro atoms. The summed E-state index contributed by atoms with van der Waals surface area (Å²) in [5.41, 5.74) is 4.23. The van der Waals surface area contributed by atoms with Crippen LogP contribution < -0.4 is 4.90 Å². The van der Waals surface area contributed by atoms with E-state index in [1.165, 1.54) is 41.2 Å². The lowest BCUT2D eigenvalue weighted by atomic mass is 9.78. The normalized spacial score (nSPS) is 25.0. The number of piperidine rings is 1. The first-order valence-corrected chi connectivity index (χ1v) is 12.2. The minimum atomic E-state index is 0.381. The highest BCUT2D eigenvalue weighted by Crippen LogP contribution is 2.46. The molecule has 2 heterocycles. The maximum absolute atomic E-state index is 2.76. The number of benzene rings is 3. The van der Waals surface area contributed by atoms with Crippen LogP contribution in [0.3, 0.4) is 0 Å². The molecule has 0 aromatic heterocycles. The maximum Gasteiger partial charge on any atom is 0.0504 e. The van der Waals surface area contributed by atoms with E-state index in [0.29, 0.717) is 18.0 Å². The van der Waals surface area contributed by atoms with Crippen molar-refractivity contribution in [2.75, 3.05) is 31.3 Å². The lowest BCUT2D eigenvalue weighted by Crippen LogP contribution is -2.52. The Bertz CT molecular complexity index is 935. The molecular weight excluding hydrogens is 384 g/mol. The molecule has 5 rings (SSSR count). The molecule has 2 saturated heterocycles. The third kappa shape index (κ3) is 3.44. The smallest absolute Gasteiger partial charge is 0.0504 e. The molecule has 2 bridgehead atoms. The maximum atomic E-state index is 2.76. The summed E-state index contributed by atoms with van der Waals surface area (Å²) in [6.45, 7) is 2.44.